The van der Waals surface area contributed by atoms with Gasteiger partial charge in [0.1, 0.15) is 5.82 Å². The van der Waals surface area contributed by atoms with Crippen LogP contribution in [-0.2, 0) is 0 Å². The zero-order valence-corrected chi connectivity index (χ0v) is 23.3. The number of nitrogens with zero attached hydrogens (tertiary/aromatic N) is 6. The van der Waals surface area contributed by atoms with Crippen LogP contribution >= 0.6 is 0 Å². The molecule has 2 aromatic rings. The van der Waals surface area contributed by atoms with Gasteiger partial charge in [-0.3, -0.25) is 4.90 Å². The van der Waals surface area contributed by atoms with E-state index in [-0.39, 0.29) is 0 Å². The molecule has 2 aromatic heterocycles. The highest BCUT2D eigenvalue weighted by molar-refractivity contribution is 5.74. The first-order valence-electron chi connectivity index (χ1n) is 14.5. The number of nitrogens with one attached hydrogen (secondary N) is 1. The normalized spacial score (nSPS) is 20.4. The molecule has 4 heterocycles. The van der Waals surface area contributed by atoms with Crippen LogP contribution < -0.4 is 10.2 Å². The molecule has 0 spiro atoms. The average molecular weight is 504 g/mol. The molecule has 0 radical (unpaired) electrons. The molecule has 1 N–H and O–H groups in total. The maximum Gasteiger partial charge on any atom is 0.228 e. The first kappa shape index (κ1) is 26.1. The third-order valence-corrected chi connectivity index (χ3v) is 8.77. The molecule has 7 heteroatoms. The second-order valence-corrected chi connectivity index (χ2v) is 11.4. The third-order valence-electron chi connectivity index (χ3n) is 8.77. The molecule has 2 aliphatic heterocycles. The number of piperazine rings is 1. The van der Waals surface area contributed by atoms with Crippen LogP contribution in [0.2, 0.25) is 0 Å². The van der Waals surface area contributed by atoms with Gasteiger partial charge in [0.15, 0.2) is 0 Å². The standard InChI is InChI=1S/C30H45N7/c1-5-35-12-10-25(11-13-35)36-14-16-37(17-15-36)26-20-32-30(33-21-26)34-28-18-27(23(4)19-31-28)29(22(2)3)24-8-6-7-9-24/h18-21,24-25H,5-17H2,1-4H3,(H,31,32,33,34). The van der Waals surface area contributed by atoms with Crippen molar-refractivity contribution in [1.82, 2.24) is 24.8 Å². The fraction of sp³-hybridized carbons (Fsp3) is 0.633. The summed E-state index contributed by atoms with van der Waals surface area (Å²) in [7, 11) is 0. The maximum absolute atomic E-state index is 4.65. The molecular formula is C30H45N7. The molecule has 7 nitrogen and oxygen atoms in total. The van der Waals surface area contributed by atoms with E-state index in [2.05, 4.69) is 68.7 Å². The fourth-order valence-corrected chi connectivity index (χ4v) is 6.60. The van der Waals surface area contributed by atoms with Gasteiger partial charge in [0.05, 0.1) is 18.1 Å². The maximum atomic E-state index is 4.65. The third kappa shape index (κ3) is 6.15. The number of hydrogen-bond donors (Lipinski definition) is 1. The minimum absolute atomic E-state index is 0.604. The number of piperidine rings is 1. The Morgan fingerprint density at radius 1 is 0.892 bits per heavy atom. The summed E-state index contributed by atoms with van der Waals surface area (Å²) in [4.78, 5) is 21.6. The molecule has 0 amide bonds. The lowest BCUT2D eigenvalue weighted by Crippen LogP contribution is -2.53. The fourth-order valence-electron chi connectivity index (χ4n) is 6.60. The Morgan fingerprint density at radius 2 is 1.57 bits per heavy atom. The van der Waals surface area contributed by atoms with Crippen molar-refractivity contribution in [1.29, 1.82) is 0 Å². The van der Waals surface area contributed by atoms with Crippen molar-refractivity contribution in [2.45, 2.75) is 72.3 Å². The van der Waals surface area contributed by atoms with Crippen molar-refractivity contribution in [3.05, 3.63) is 41.4 Å². The van der Waals surface area contributed by atoms with Crippen molar-refractivity contribution < 1.29 is 0 Å². The van der Waals surface area contributed by atoms with Gasteiger partial charge in [0.25, 0.3) is 0 Å². The van der Waals surface area contributed by atoms with Gasteiger partial charge in [0.2, 0.25) is 5.95 Å². The van der Waals surface area contributed by atoms with Crippen LogP contribution in [0.25, 0.3) is 5.57 Å². The lowest BCUT2D eigenvalue weighted by molar-refractivity contribution is 0.106. The number of pyridine rings is 1. The van der Waals surface area contributed by atoms with Crippen molar-refractivity contribution in [2.24, 2.45) is 5.92 Å². The predicted molar refractivity (Wildman–Crippen MR) is 153 cm³/mol. The number of hydrogen-bond acceptors (Lipinski definition) is 7. The van der Waals surface area contributed by atoms with Crippen LogP contribution in [0.3, 0.4) is 0 Å². The Balaban J connectivity index is 1.19. The van der Waals surface area contributed by atoms with E-state index in [1.807, 2.05) is 18.6 Å². The molecule has 200 valence electrons. The van der Waals surface area contributed by atoms with Gasteiger partial charge in [-0.2, -0.15) is 0 Å². The minimum Gasteiger partial charge on any atom is -0.366 e. The van der Waals surface area contributed by atoms with Gasteiger partial charge in [-0.15, -0.1) is 0 Å². The van der Waals surface area contributed by atoms with E-state index in [1.165, 1.54) is 80.4 Å². The van der Waals surface area contributed by atoms with Gasteiger partial charge in [-0.1, -0.05) is 25.3 Å². The summed E-state index contributed by atoms with van der Waals surface area (Å²) in [6, 6.07) is 2.94. The summed E-state index contributed by atoms with van der Waals surface area (Å²) in [6.07, 6.45) is 13.8. The first-order chi connectivity index (χ1) is 18.0. The predicted octanol–water partition coefficient (Wildman–Crippen LogP) is 5.51. The summed E-state index contributed by atoms with van der Waals surface area (Å²) >= 11 is 0. The van der Waals surface area contributed by atoms with Crippen molar-refractivity contribution >= 4 is 23.0 Å². The smallest absolute Gasteiger partial charge is 0.228 e. The Labute approximate surface area is 223 Å². The van der Waals surface area contributed by atoms with E-state index in [0.717, 1.165) is 43.7 Å². The second-order valence-electron chi connectivity index (χ2n) is 11.4. The number of allylic oxidation sites excluding steroid dienone is 2. The summed E-state index contributed by atoms with van der Waals surface area (Å²) in [5.74, 6) is 2.08. The van der Waals surface area contributed by atoms with Crippen molar-refractivity contribution in [3.63, 3.8) is 0 Å². The number of likely N-dealkylation sites (tertiary alicyclic amines) is 1. The molecular weight excluding hydrogens is 458 g/mol. The molecule has 0 bridgehead atoms. The van der Waals surface area contributed by atoms with E-state index in [4.69, 9.17) is 0 Å². The molecule has 2 saturated heterocycles. The summed E-state index contributed by atoms with van der Waals surface area (Å²) in [6.45, 7) is 16.9. The zero-order valence-electron chi connectivity index (χ0n) is 23.3. The summed E-state index contributed by atoms with van der Waals surface area (Å²) in [5.41, 5.74) is 6.59. The average Bonchev–Trinajstić information content (AvgIpc) is 3.45. The molecule has 1 aliphatic carbocycles. The quantitative estimate of drug-likeness (QED) is 0.534. The van der Waals surface area contributed by atoms with Crippen LogP contribution in [0.1, 0.15) is 70.4 Å². The highest BCUT2D eigenvalue weighted by Crippen LogP contribution is 2.40. The Hall–Kier alpha value is -2.51. The first-order valence-corrected chi connectivity index (χ1v) is 14.5. The molecule has 0 unspecified atom stereocenters. The Bertz CT molecular complexity index is 1050. The molecule has 1 saturated carbocycles. The number of anilines is 3. The second kappa shape index (κ2) is 11.9. The molecule has 3 aliphatic rings. The zero-order chi connectivity index (χ0) is 25.8. The SMILES string of the molecule is CCN1CCC(N2CCN(c3cnc(Nc4cc(C(=C(C)C)C5CCCC5)c(C)cn4)nc3)CC2)CC1. The molecule has 5 rings (SSSR count). The van der Waals surface area contributed by atoms with Gasteiger partial charge in [0, 0.05) is 38.4 Å². The lowest BCUT2D eigenvalue weighted by Gasteiger charge is -2.43. The van der Waals surface area contributed by atoms with Crippen molar-refractivity contribution in [2.75, 3.05) is 56.0 Å². The number of rotatable bonds is 7. The van der Waals surface area contributed by atoms with Gasteiger partial charge < -0.3 is 15.1 Å². The Kier molecular flexibility index (Phi) is 8.40. The van der Waals surface area contributed by atoms with E-state index in [0.29, 0.717) is 11.9 Å². The summed E-state index contributed by atoms with van der Waals surface area (Å²) < 4.78 is 0. The van der Waals surface area contributed by atoms with Gasteiger partial charge >= 0.3 is 0 Å². The van der Waals surface area contributed by atoms with Crippen LogP contribution in [0, 0.1) is 12.8 Å². The molecule has 37 heavy (non-hydrogen) atoms. The van der Waals surface area contributed by atoms with Crippen LogP contribution in [-0.4, -0.2) is 76.6 Å². The topological polar surface area (TPSA) is 60.4 Å². The van der Waals surface area contributed by atoms with E-state index < -0.39 is 0 Å². The van der Waals surface area contributed by atoms with E-state index >= 15 is 0 Å². The van der Waals surface area contributed by atoms with Crippen LogP contribution in [0.15, 0.2) is 30.2 Å². The van der Waals surface area contributed by atoms with Crippen molar-refractivity contribution in [3.8, 4) is 0 Å². The highest BCUT2D eigenvalue weighted by Gasteiger charge is 2.27. The minimum atomic E-state index is 0.604. The monoisotopic (exact) mass is 503 g/mol. The molecule has 3 fully saturated rings. The van der Waals surface area contributed by atoms with Crippen LogP contribution in [0.4, 0.5) is 17.5 Å². The Morgan fingerprint density at radius 3 is 2.19 bits per heavy atom. The lowest BCUT2D eigenvalue weighted by atomic mass is 9.86. The largest absolute Gasteiger partial charge is 0.366 e. The number of aryl methyl sites for hydroxylation is 1. The van der Waals surface area contributed by atoms with Gasteiger partial charge in [-0.25, -0.2) is 15.0 Å². The highest BCUT2D eigenvalue weighted by atomic mass is 15.3. The van der Waals surface area contributed by atoms with E-state index in [9.17, 15) is 0 Å². The van der Waals surface area contributed by atoms with Gasteiger partial charge in [-0.05, 0) is 94.8 Å². The molecule has 0 aromatic carbocycles. The van der Waals surface area contributed by atoms with E-state index in [1.54, 1.807) is 0 Å². The number of aromatic nitrogens is 3. The summed E-state index contributed by atoms with van der Waals surface area (Å²) in [5, 5.41) is 3.36. The molecule has 0 atom stereocenters. The van der Waals surface area contributed by atoms with Crippen LogP contribution in [0.5, 0.6) is 0 Å².